The molecule has 1 unspecified atom stereocenters. The maximum absolute atomic E-state index is 13.5. The Labute approximate surface area is 142 Å². The molecule has 0 bridgehead atoms. The first-order chi connectivity index (χ1) is 11.1. The summed E-state index contributed by atoms with van der Waals surface area (Å²) in [6, 6.07) is 13.0. The molecule has 116 valence electrons. The number of pyridine rings is 1. The van der Waals surface area contributed by atoms with Crippen molar-refractivity contribution >= 4 is 40.3 Å². The molecule has 1 aliphatic heterocycles. The number of nitrogens with zero attached hydrogens (tertiary/aromatic N) is 2. The van der Waals surface area contributed by atoms with Gasteiger partial charge in [-0.1, -0.05) is 35.9 Å². The van der Waals surface area contributed by atoms with E-state index in [0.29, 0.717) is 0 Å². The highest BCUT2D eigenvalue weighted by molar-refractivity contribution is 7.98. The molecule has 0 fully saturated rings. The van der Waals surface area contributed by atoms with Gasteiger partial charge in [0.1, 0.15) is 5.82 Å². The molecule has 2 heterocycles. The number of aromatic nitrogens is 1. The van der Waals surface area contributed by atoms with Gasteiger partial charge in [0.15, 0.2) is 0 Å². The van der Waals surface area contributed by atoms with E-state index in [1.165, 1.54) is 18.2 Å². The van der Waals surface area contributed by atoms with Gasteiger partial charge in [-0.05, 0) is 23.8 Å². The summed E-state index contributed by atoms with van der Waals surface area (Å²) in [6.45, 7) is 0. The molecule has 0 saturated heterocycles. The molecule has 2 aromatic carbocycles. The van der Waals surface area contributed by atoms with Crippen LogP contribution < -0.4 is 4.72 Å². The lowest BCUT2D eigenvalue weighted by molar-refractivity contribution is 0.478. The molecule has 23 heavy (non-hydrogen) atoms. The fraction of sp³-hybridized carbons (Fsp3) is 0.118. The molecular weight excluding hydrogens is 333 g/mol. The molecule has 1 aliphatic rings. The van der Waals surface area contributed by atoms with E-state index in [4.69, 9.17) is 11.6 Å². The van der Waals surface area contributed by atoms with Crippen LogP contribution in [0, 0.1) is 5.82 Å². The summed E-state index contributed by atoms with van der Waals surface area (Å²) in [4.78, 5) is 4.50. The Morgan fingerprint density at radius 3 is 2.96 bits per heavy atom. The minimum atomic E-state index is -0.403. The smallest absolute Gasteiger partial charge is 0.141 e. The molecule has 0 radical (unpaired) electrons. The minimum Gasteiger partial charge on any atom is -0.314 e. The summed E-state index contributed by atoms with van der Waals surface area (Å²) in [5.41, 5.74) is 3.98. The first-order valence-corrected chi connectivity index (χ1v) is 8.28. The molecule has 6 heteroatoms. The third kappa shape index (κ3) is 2.45. The van der Waals surface area contributed by atoms with Gasteiger partial charge >= 0.3 is 0 Å². The van der Waals surface area contributed by atoms with E-state index in [1.807, 2.05) is 19.2 Å². The van der Waals surface area contributed by atoms with Gasteiger partial charge in [0, 0.05) is 36.3 Å². The molecule has 3 aromatic rings. The van der Waals surface area contributed by atoms with Crippen LogP contribution in [0.4, 0.5) is 10.1 Å². The van der Waals surface area contributed by atoms with E-state index in [9.17, 15) is 4.39 Å². The van der Waals surface area contributed by atoms with Crippen molar-refractivity contribution in [2.24, 2.45) is 0 Å². The standard InChI is InChI=1S/C17H13ClFN3S/c1-22-17(11-5-7-14(19)13(18)9-11)12-6-4-10-3-2-8-20-15(10)16(12)21-23-22/h2-9,17,21H,1H3. The van der Waals surface area contributed by atoms with Crippen molar-refractivity contribution in [1.29, 1.82) is 0 Å². The summed E-state index contributed by atoms with van der Waals surface area (Å²) < 4.78 is 18.9. The third-order valence-electron chi connectivity index (χ3n) is 4.02. The predicted molar refractivity (Wildman–Crippen MR) is 94.0 cm³/mol. The van der Waals surface area contributed by atoms with Crippen LogP contribution in [0.25, 0.3) is 10.9 Å². The zero-order valence-corrected chi connectivity index (χ0v) is 13.8. The molecule has 0 amide bonds. The maximum Gasteiger partial charge on any atom is 0.141 e. The third-order valence-corrected chi connectivity index (χ3v) is 5.10. The second-order valence-corrected chi connectivity index (χ2v) is 6.79. The molecule has 4 rings (SSSR count). The highest BCUT2D eigenvalue weighted by Gasteiger charge is 2.29. The highest BCUT2D eigenvalue weighted by Crippen LogP contribution is 2.44. The van der Waals surface area contributed by atoms with Crippen LogP contribution in [-0.4, -0.2) is 16.3 Å². The van der Waals surface area contributed by atoms with Crippen LogP contribution in [0.3, 0.4) is 0 Å². The Morgan fingerprint density at radius 1 is 1.26 bits per heavy atom. The van der Waals surface area contributed by atoms with Gasteiger partial charge in [-0.3, -0.25) is 4.98 Å². The summed E-state index contributed by atoms with van der Waals surface area (Å²) in [5.74, 6) is -0.403. The van der Waals surface area contributed by atoms with Crippen molar-refractivity contribution in [2.45, 2.75) is 6.04 Å². The Balaban J connectivity index is 1.92. The molecular formula is C17H13ClFN3S. The minimum absolute atomic E-state index is 0.0271. The van der Waals surface area contributed by atoms with E-state index in [0.717, 1.165) is 27.7 Å². The Hall–Kier alpha value is -1.82. The summed E-state index contributed by atoms with van der Waals surface area (Å²) >= 11 is 7.47. The zero-order chi connectivity index (χ0) is 16.0. The van der Waals surface area contributed by atoms with E-state index in [2.05, 4.69) is 26.1 Å². The summed E-state index contributed by atoms with van der Waals surface area (Å²) in [6.07, 6.45) is 1.79. The van der Waals surface area contributed by atoms with E-state index in [1.54, 1.807) is 18.3 Å². The monoisotopic (exact) mass is 345 g/mol. The van der Waals surface area contributed by atoms with Crippen molar-refractivity contribution in [1.82, 2.24) is 9.29 Å². The summed E-state index contributed by atoms with van der Waals surface area (Å²) in [7, 11) is 1.99. The van der Waals surface area contributed by atoms with Crippen molar-refractivity contribution < 1.29 is 4.39 Å². The van der Waals surface area contributed by atoms with Crippen LogP contribution in [0.2, 0.25) is 5.02 Å². The topological polar surface area (TPSA) is 28.2 Å². The van der Waals surface area contributed by atoms with Crippen LogP contribution >= 0.6 is 23.7 Å². The highest BCUT2D eigenvalue weighted by atomic mass is 35.5. The van der Waals surface area contributed by atoms with Gasteiger partial charge in [0.05, 0.1) is 22.3 Å². The molecule has 0 aliphatic carbocycles. The number of rotatable bonds is 1. The molecule has 3 nitrogen and oxygen atoms in total. The van der Waals surface area contributed by atoms with Gasteiger partial charge in [-0.2, -0.15) is 0 Å². The maximum atomic E-state index is 13.5. The van der Waals surface area contributed by atoms with Gasteiger partial charge in [0.25, 0.3) is 0 Å². The lowest BCUT2D eigenvalue weighted by Crippen LogP contribution is -2.26. The van der Waals surface area contributed by atoms with E-state index >= 15 is 0 Å². The first-order valence-electron chi connectivity index (χ1n) is 7.13. The number of halogens is 2. The normalized spacial score (nSPS) is 17.8. The molecule has 1 aromatic heterocycles. The van der Waals surface area contributed by atoms with Gasteiger partial charge in [-0.15, -0.1) is 0 Å². The number of hydrogen-bond acceptors (Lipinski definition) is 4. The Morgan fingerprint density at radius 2 is 2.13 bits per heavy atom. The predicted octanol–water partition coefficient (Wildman–Crippen LogP) is 5.04. The molecule has 0 saturated carbocycles. The van der Waals surface area contributed by atoms with Crippen LogP contribution in [0.1, 0.15) is 17.2 Å². The Kier molecular flexibility index (Phi) is 3.64. The number of anilines is 1. The van der Waals surface area contributed by atoms with E-state index < -0.39 is 5.82 Å². The van der Waals surface area contributed by atoms with Crippen molar-refractivity contribution in [3.05, 3.63) is 70.6 Å². The van der Waals surface area contributed by atoms with Crippen molar-refractivity contribution in [3.8, 4) is 0 Å². The van der Waals surface area contributed by atoms with Crippen molar-refractivity contribution in [3.63, 3.8) is 0 Å². The number of nitrogens with one attached hydrogen (secondary N) is 1. The molecule has 0 spiro atoms. The molecule has 1 N–H and O–H groups in total. The number of hydrogen-bond donors (Lipinski definition) is 1. The largest absolute Gasteiger partial charge is 0.314 e. The second-order valence-electron chi connectivity index (χ2n) is 5.42. The zero-order valence-electron chi connectivity index (χ0n) is 12.3. The fourth-order valence-electron chi connectivity index (χ4n) is 2.93. The number of benzene rings is 2. The lowest BCUT2D eigenvalue weighted by atomic mass is 9.95. The second kappa shape index (κ2) is 5.67. The van der Waals surface area contributed by atoms with Crippen molar-refractivity contribution in [2.75, 3.05) is 11.8 Å². The average Bonchev–Trinajstić information content (AvgIpc) is 2.57. The van der Waals surface area contributed by atoms with Crippen LogP contribution in [0.5, 0.6) is 0 Å². The van der Waals surface area contributed by atoms with E-state index in [-0.39, 0.29) is 11.1 Å². The Bertz CT molecular complexity index is 902. The van der Waals surface area contributed by atoms with Gasteiger partial charge < -0.3 is 4.72 Å². The first kappa shape index (κ1) is 14.8. The van der Waals surface area contributed by atoms with Gasteiger partial charge in [-0.25, -0.2) is 8.70 Å². The van der Waals surface area contributed by atoms with Gasteiger partial charge in [0.2, 0.25) is 0 Å². The quantitative estimate of drug-likeness (QED) is 0.625. The fourth-order valence-corrected chi connectivity index (χ4v) is 3.91. The summed E-state index contributed by atoms with van der Waals surface area (Å²) in [5, 5.41) is 1.22. The SMILES string of the molecule is CN1SNc2c(ccc3cccnc23)C1c1ccc(F)c(Cl)c1. The molecule has 1 atom stereocenters. The van der Waals surface area contributed by atoms with Crippen LogP contribution in [0.15, 0.2) is 48.7 Å². The lowest BCUT2D eigenvalue weighted by Gasteiger charge is -2.34. The average molecular weight is 346 g/mol. The van der Waals surface area contributed by atoms with Crippen LogP contribution in [-0.2, 0) is 0 Å². The number of fused-ring (bicyclic) bond motifs is 3.